The van der Waals surface area contributed by atoms with E-state index in [2.05, 4.69) is 36.6 Å². The van der Waals surface area contributed by atoms with E-state index in [4.69, 9.17) is 17.2 Å². The molecule has 0 fully saturated rings. The van der Waals surface area contributed by atoms with E-state index < -0.39 is 71.6 Å². The summed E-state index contributed by atoms with van der Waals surface area (Å²) in [6.45, 7) is 5.38. The molecule has 0 saturated heterocycles. The maximum Gasteiger partial charge on any atom is 0.243 e. The third-order valence-electron chi connectivity index (χ3n) is 7.91. The Labute approximate surface area is 304 Å². The van der Waals surface area contributed by atoms with Crippen molar-refractivity contribution in [2.24, 2.45) is 23.1 Å². The molecule has 0 radical (unpaired) electrons. The highest BCUT2D eigenvalue weighted by Crippen LogP contribution is 2.12. The maximum absolute atomic E-state index is 13.8. The first-order chi connectivity index (χ1) is 24.2. The van der Waals surface area contributed by atoms with Gasteiger partial charge < -0.3 is 48.8 Å². The number of nitrogens with zero attached hydrogens (tertiary/aromatic N) is 1. The van der Waals surface area contributed by atoms with Crippen molar-refractivity contribution in [3.8, 4) is 0 Å². The molecule has 288 valence electrons. The summed E-state index contributed by atoms with van der Waals surface area (Å²) < 4.78 is 0. The van der Waals surface area contributed by atoms with Gasteiger partial charge in [-0.05, 0) is 69.4 Å². The van der Waals surface area contributed by atoms with E-state index in [1.807, 2.05) is 20.1 Å². The van der Waals surface area contributed by atoms with Crippen molar-refractivity contribution >= 4 is 53.1 Å². The van der Waals surface area contributed by atoms with Crippen LogP contribution in [0.15, 0.2) is 12.5 Å². The van der Waals surface area contributed by atoms with Gasteiger partial charge in [0.1, 0.15) is 30.2 Å². The topological polar surface area (TPSA) is 286 Å². The second kappa shape index (κ2) is 24.9. The van der Waals surface area contributed by atoms with Gasteiger partial charge >= 0.3 is 0 Å². The molecule has 1 aromatic heterocycles. The quantitative estimate of drug-likeness (QED) is 0.0509. The molecule has 5 atom stereocenters. The Hall–Kier alpha value is -4.19. The molecule has 18 heteroatoms. The van der Waals surface area contributed by atoms with Crippen molar-refractivity contribution in [3.63, 3.8) is 0 Å². The fraction of sp³-hybridized carbons (Fsp3) is 0.697. The predicted molar refractivity (Wildman–Crippen MR) is 194 cm³/mol. The third-order valence-corrected chi connectivity index (χ3v) is 8.56. The minimum absolute atomic E-state index is 0.0263. The van der Waals surface area contributed by atoms with Gasteiger partial charge in [0, 0.05) is 31.7 Å². The fourth-order valence-corrected chi connectivity index (χ4v) is 5.71. The second-order valence-corrected chi connectivity index (χ2v) is 13.9. The molecule has 1 aromatic rings. The minimum atomic E-state index is -1.12. The summed E-state index contributed by atoms with van der Waals surface area (Å²) in [5, 5.41) is 13.5. The van der Waals surface area contributed by atoms with Gasteiger partial charge in [-0.1, -0.05) is 26.7 Å². The van der Waals surface area contributed by atoms with Gasteiger partial charge in [-0.3, -0.25) is 33.6 Å². The van der Waals surface area contributed by atoms with Crippen LogP contribution >= 0.6 is 11.8 Å². The van der Waals surface area contributed by atoms with Gasteiger partial charge in [0.05, 0.1) is 6.33 Å². The van der Waals surface area contributed by atoms with Crippen LogP contribution in [0.5, 0.6) is 0 Å². The van der Waals surface area contributed by atoms with E-state index in [0.717, 1.165) is 0 Å². The molecular formula is C33H58N10O7S. The number of rotatable bonds is 27. The van der Waals surface area contributed by atoms with Gasteiger partial charge in [0.25, 0.3) is 0 Å². The minimum Gasteiger partial charge on any atom is -0.370 e. The van der Waals surface area contributed by atoms with E-state index in [-0.39, 0.29) is 38.0 Å². The smallest absolute Gasteiger partial charge is 0.243 e. The lowest BCUT2D eigenvalue weighted by molar-refractivity contribution is -0.135. The van der Waals surface area contributed by atoms with Crippen molar-refractivity contribution in [1.82, 2.24) is 36.6 Å². The molecule has 0 bridgehead atoms. The van der Waals surface area contributed by atoms with E-state index in [1.54, 1.807) is 0 Å². The lowest BCUT2D eigenvalue weighted by Gasteiger charge is -2.27. The van der Waals surface area contributed by atoms with Crippen LogP contribution in [-0.2, 0) is 40.0 Å². The molecule has 0 unspecified atom stereocenters. The van der Waals surface area contributed by atoms with Crippen LogP contribution in [0.4, 0.5) is 0 Å². The van der Waals surface area contributed by atoms with Crippen molar-refractivity contribution < 1.29 is 33.6 Å². The molecule has 12 N–H and O–H groups in total. The SMILES string of the molecule is CSCC[C@H](NC(=O)[C@H](CC(C)C)NC(=O)[C@H](CCCCCC(N)=O)NC(=O)[C@H](CCCCN)NC(=O)[C@H](Cc1cnc[nH]1)NC(C)=O)C(N)=O. The lowest BCUT2D eigenvalue weighted by Crippen LogP contribution is -2.59. The number of nitrogens with one attached hydrogen (secondary N) is 6. The Balaban J connectivity index is 3.28. The zero-order valence-corrected chi connectivity index (χ0v) is 31.1. The summed E-state index contributed by atoms with van der Waals surface area (Å²) in [5.74, 6) is -3.51. The van der Waals surface area contributed by atoms with Gasteiger partial charge in [-0.25, -0.2) is 4.98 Å². The highest BCUT2D eigenvalue weighted by atomic mass is 32.2. The number of hydrogen-bond donors (Lipinski definition) is 9. The molecule has 0 aromatic carbocycles. The average molecular weight is 739 g/mol. The molecule has 1 heterocycles. The Kier molecular flexibility index (Phi) is 21.9. The average Bonchev–Trinajstić information content (AvgIpc) is 3.57. The molecule has 0 aliphatic rings. The molecular weight excluding hydrogens is 680 g/mol. The number of aromatic amines is 1. The van der Waals surface area contributed by atoms with Crippen molar-refractivity contribution in [1.29, 1.82) is 0 Å². The number of nitrogens with two attached hydrogens (primary N) is 3. The van der Waals surface area contributed by atoms with Crippen molar-refractivity contribution in [2.45, 2.75) is 122 Å². The molecule has 0 aliphatic heterocycles. The summed E-state index contributed by atoms with van der Waals surface area (Å²) in [6, 6.07) is -5.20. The van der Waals surface area contributed by atoms with E-state index >= 15 is 0 Å². The van der Waals surface area contributed by atoms with Gasteiger partial charge in [0.15, 0.2) is 0 Å². The second-order valence-electron chi connectivity index (χ2n) is 12.9. The number of thioether (sulfide) groups is 1. The monoisotopic (exact) mass is 738 g/mol. The van der Waals surface area contributed by atoms with Crippen LogP contribution in [0, 0.1) is 5.92 Å². The molecule has 1 rings (SSSR count). The maximum atomic E-state index is 13.8. The predicted octanol–water partition coefficient (Wildman–Crippen LogP) is -0.755. The molecule has 17 nitrogen and oxygen atoms in total. The summed E-state index contributed by atoms with van der Waals surface area (Å²) in [6.07, 6.45) is 8.50. The largest absolute Gasteiger partial charge is 0.370 e. The van der Waals surface area contributed by atoms with Gasteiger partial charge in [0.2, 0.25) is 41.4 Å². The molecule has 7 amide bonds. The molecule has 51 heavy (non-hydrogen) atoms. The number of primary amides is 2. The van der Waals surface area contributed by atoms with Crippen LogP contribution < -0.4 is 43.8 Å². The number of carbonyl (C=O) groups excluding carboxylic acids is 7. The first-order valence-corrected chi connectivity index (χ1v) is 18.8. The summed E-state index contributed by atoms with van der Waals surface area (Å²) in [5.41, 5.74) is 17.1. The standard InChI is InChI=1S/C33H58N10O7S/c1-20(2)16-26(32(49)40-23(29(36)46)13-15-51-4)43-31(48)24(10-6-5-7-12-28(35)45)41-30(47)25(11-8-9-14-34)42-33(50)27(39-21(3)44)17-22-18-37-19-38-22/h18-20,23-27H,5-17,34H2,1-4H3,(H2,35,45)(H2,36,46)(H,37,38)(H,39,44)(H,40,49)(H,41,47)(H,42,50)(H,43,48)/t23-,24-,25-,26-,27-/m0/s1. The van der Waals surface area contributed by atoms with Crippen LogP contribution in [0.3, 0.4) is 0 Å². The normalized spacial score (nSPS) is 14.0. The fourth-order valence-electron chi connectivity index (χ4n) is 5.24. The zero-order chi connectivity index (χ0) is 38.3. The Bertz CT molecular complexity index is 1260. The number of hydrogen-bond acceptors (Lipinski definition) is 10. The van der Waals surface area contributed by atoms with Crippen LogP contribution in [0.1, 0.15) is 90.7 Å². The molecule has 0 saturated carbocycles. The highest BCUT2D eigenvalue weighted by Gasteiger charge is 2.32. The van der Waals surface area contributed by atoms with Crippen molar-refractivity contribution in [3.05, 3.63) is 18.2 Å². The number of carbonyl (C=O) groups is 7. The number of unbranched alkanes of at least 4 members (excludes halogenated alkanes) is 3. The molecule has 0 spiro atoms. The summed E-state index contributed by atoms with van der Waals surface area (Å²) >= 11 is 1.49. The Morgan fingerprint density at radius 1 is 0.745 bits per heavy atom. The van der Waals surface area contributed by atoms with Gasteiger partial charge in [-0.15, -0.1) is 0 Å². The first-order valence-electron chi connectivity index (χ1n) is 17.4. The van der Waals surface area contributed by atoms with Gasteiger partial charge in [-0.2, -0.15) is 11.8 Å². The zero-order valence-electron chi connectivity index (χ0n) is 30.3. The third kappa shape index (κ3) is 19.1. The lowest BCUT2D eigenvalue weighted by atomic mass is 10.0. The summed E-state index contributed by atoms with van der Waals surface area (Å²) in [7, 11) is 0. The highest BCUT2D eigenvalue weighted by molar-refractivity contribution is 7.98. The van der Waals surface area contributed by atoms with Crippen molar-refractivity contribution in [2.75, 3.05) is 18.6 Å². The number of H-pyrrole nitrogens is 1. The number of amides is 7. The molecule has 0 aliphatic carbocycles. The Morgan fingerprint density at radius 3 is 1.78 bits per heavy atom. The van der Waals surface area contributed by atoms with E-state index in [9.17, 15) is 33.6 Å². The number of imidazole rings is 1. The van der Waals surface area contributed by atoms with Crippen LogP contribution in [0.2, 0.25) is 0 Å². The first kappa shape index (κ1) is 44.8. The summed E-state index contributed by atoms with van der Waals surface area (Å²) in [4.78, 5) is 96.5. The van der Waals surface area contributed by atoms with Crippen LogP contribution in [-0.4, -0.2) is 100 Å². The van der Waals surface area contributed by atoms with E-state index in [0.29, 0.717) is 56.5 Å². The Morgan fingerprint density at radius 2 is 1.29 bits per heavy atom. The number of aromatic nitrogens is 2. The van der Waals surface area contributed by atoms with Crippen LogP contribution in [0.25, 0.3) is 0 Å². The van der Waals surface area contributed by atoms with E-state index in [1.165, 1.54) is 31.2 Å².